The summed E-state index contributed by atoms with van der Waals surface area (Å²) in [5.74, 6) is 0.789. The van der Waals surface area contributed by atoms with E-state index in [4.69, 9.17) is 0 Å². The molecule has 0 saturated carbocycles. The molecule has 0 amide bonds. The minimum absolute atomic E-state index is 0.0991. The lowest BCUT2D eigenvalue weighted by atomic mass is 10.0. The van der Waals surface area contributed by atoms with E-state index in [0.29, 0.717) is 18.2 Å². The molecular weight excluding hydrogens is 257 g/mol. The Morgan fingerprint density at radius 1 is 1.15 bits per heavy atom. The van der Waals surface area contributed by atoms with Crippen LogP contribution < -0.4 is 0 Å². The van der Waals surface area contributed by atoms with Crippen molar-refractivity contribution in [1.29, 1.82) is 0 Å². The lowest BCUT2D eigenvalue weighted by Crippen LogP contribution is -2.08. The smallest absolute Gasteiger partial charge is 0.239 e. The van der Waals surface area contributed by atoms with Gasteiger partial charge in [-0.2, -0.15) is 10.1 Å². The zero-order chi connectivity index (χ0) is 13.5. The van der Waals surface area contributed by atoms with Gasteiger partial charge in [-0.15, -0.1) is 5.10 Å². The van der Waals surface area contributed by atoms with Crippen molar-refractivity contribution in [3.05, 3.63) is 60.2 Å². The molecule has 0 radical (unpaired) electrons. The Bertz CT molecular complexity index is 719. The molecule has 0 unspecified atom stereocenters. The summed E-state index contributed by atoms with van der Waals surface area (Å²) in [7, 11) is 0. The van der Waals surface area contributed by atoms with Crippen LogP contribution in [0.3, 0.4) is 0 Å². The number of rotatable bonds is 2. The number of nitrogens with zero attached hydrogens (tertiary/aromatic N) is 5. The summed E-state index contributed by atoms with van der Waals surface area (Å²) < 4.78 is 17.4. The third-order valence-electron chi connectivity index (χ3n) is 3.55. The molecule has 100 valence electrons. The van der Waals surface area contributed by atoms with Gasteiger partial charge in [-0.1, -0.05) is 30.3 Å². The number of halogens is 1. The molecule has 2 atom stereocenters. The molecule has 0 N–H and O–H groups in total. The van der Waals surface area contributed by atoms with Gasteiger partial charge in [-0.05, 0) is 11.6 Å². The molecule has 2 aromatic heterocycles. The number of hydrogen-bond donors (Lipinski definition) is 0. The van der Waals surface area contributed by atoms with E-state index in [2.05, 4.69) is 15.2 Å². The highest BCUT2D eigenvalue weighted by Gasteiger charge is 2.35. The van der Waals surface area contributed by atoms with E-state index >= 15 is 0 Å². The fourth-order valence-electron chi connectivity index (χ4n) is 2.60. The van der Waals surface area contributed by atoms with Crippen LogP contribution >= 0.6 is 0 Å². The van der Waals surface area contributed by atoms with Crippen molar-refractivity contribution in [2.75, 3.05) is 0 Å². The SMILES string of the molecule is F[C@H]1C[C@@H](c2ccccc2)n2nc(-n3cccn3)nc21. The van der Waals surface area contributed by atoms with E-state index in [-0.39, 0.29) is 6.04 Å². The van der Waals surface area contributed by atoms with Crippen molar-refractivity contribution in [2.45, 2.75) is 18.6 Å². The van der Waals surface area contributed by atoms with Crippen LogP contribution in [0, 0.1) is 0 Å². The summed E-state index contributed by atoms with van der Waals surface area (Å²) in [6.45, 7) is 0. The number of aromatic nitrogens is 5. The van der Waals surface area contributed by atoms with Gasteiger partial charge in [0.05, 0.1) is 6.04 Å². The topological polar surface area (TPSA) is 48.5 Å². The maximum absolute atomic E-state index is 14.2. The average molecular weight is 269 g/mol. The maximum atomic E-state index is 14.2. The summed E-state index contributed by atoms with van der Waals surface area (Å²) in [6, 6.07) is 11.5. The summed E-state index contributed by atoms with van der Waals surface area (Å²) in [5.41, 5.74) is 1.05. The monoisotopic (exact) mass is 269 g/mol. The van der Waals surface area contributed by atoms with Gasteiger partial charge < -0.3 is 0 Å². The first kappa shape index (κ1) is 11.3. The highest BCUT2D eigenvalue weighted by Crippen LogP contribution is 2.39. The first-order chi connectivity index (χ1) is 9.83. The molecule has 4 rings (SSSR count). The molecule has 0 saturated heterocycles. The average Bonchev–Trinajstić information content (AvgIpc) is 3.17. The normalized spacial score (nSPS) is 21.1. The second kappa shape index (κ2) is 4.26. The van der Waals surface area contributed by atoms with Crippen molar-refractivity contribution in [3.63, 3.8) is 0 Å². The van der Waals surface area contributed by atoms with Crippen LogP contribution in [-0.2, 0) is 0 Å². The third-order valence-corrected chi connectivity index (χ3v) is 3.55. The highest BCUT2D eigenvalue weighted by molar-refractivity contribution is 5.25. The number of hydrogen-bond acceptors (Lipinski definition) is 3. The lowest BCUT2D eigenvalue weighted by molar-refractivity contribution is 0.328. The molecule has 1 aliphatic heterocycles. The molecule has 0 aliphatic carbocycles. The molecule has 1 aromatic carbocycles. The molecule has 20 heavy (non-hydrogen) atoms. The zero-order valence-corrected chi connectivity index (χ0v) is 10.6. The van der Waals surface area contributed by atoms with E-state index in [1.807, 2.05) is 30.3 Å². The molecule has 0 bridgehead atoms. The second-order valence-corrected chi connectivity index (χ2v) is 4.79. The van der Waals surface area contributed by atoms with Gasteiger partial charge in [0.15, 0.2) is 12.0 Å². The molecule has 3 heterocycles. The van der Waals surface area contributed by atoms with Crippen molar-refractivity contribution >= 4 is 0 Å². The van der Waals surface area contributed by atoms with E-state index < -0.39 is 6.17 Å². The summed E-state index contributed by atoms with van der Waals surface area (Å²) in [4.78, 5) is 4.27. The number of benzene rings is 1. The molecular formula is C14H12FN5. The van der Waals surface area contributed by atoms with Crippen molar-refractivity contribution < 1.29 is 4.39 Å². The predicted octanol–water partition coefficient (Wildman–Crippen LogP) is 2.47. The van der Waals surface area contributed by atoms with Crippen molar-refractivity contribution in [3.8, 4) is 5.95 Å². The Kier molecular flexibility index (Phi) is 2.42. The lowest BCUT2D eigenvalue weighted by Gasteiger charge is -2.11. The standard InChI is InChI=1S/C14H12FN5/c15-11-9-12(10-5-2-1-3-6-10)20-13(11)17-14(18-20)19-8-4-7-16-19/h1-8,11-12H,9H2/t11-,12-/m0/s1. The Morgan fingerprint density at radius 2 is 2.00 bits per heavy atom. The van der Waals surface area contributed by atoms with Crippen LogP contribution in [0.15, 0.2) is 48.8 Å². The van der Waals surface area contributed by atoms with Crippen LogP contribution in [0.4, 0.5) is 4.39 Å². The molecule has 0 fully saturated rings. The number of alkyl halides is 1. The zero-order valence-electron chi connectivity index (χ0n) is 10.6. The van der Waals surface area contributed by atoms with Crippen LogP contribution in [0.2, 0.25) is 0 Å². The second-order valence-electron chi connectivity index (χ2n) is 4.79. The minimum atomic E-state index is -1.09. The molecule has 6 heteroatoms. The van der Waals surface area contributed by atoms with Gasteiger partial charge in [0.1, 0.15) is 0 Å². The first-order valence-electron chi connectivity index (χ1n) is 6.48. The summed E-state index contributed by atoms with van der Waals surface area (Å²) >= 11 is 0. The number of fused-ring (bicyclic) bond motifs is 1. The fraction of sp³-hybridized carbons (Fsp3) is 0.214. The van der Waals surface area contributed by atoms with E-state index in [1.54, 1.807) is 27.8 Å². The van der Waals surface area contributed by atoms with Gasteiger partial charge in [0.25, 0.3) is 5.95 Å². The Balaban J connectivity index is 1.79. The van der Waals surface area contributed by atoms with Gasteiger partial charge in [0.2, 0.25) is 0 Å². The first-order valence-corrected chi connectivity index (χ1v) is 6.48. The highest BCUT2D eigenvalue weighted by atomic mass is 19.1. The van der Waals surface area contributed by atoms with Crippen LogP contribution in [0.1, 0.15) is 30.0 Å². The van der Waals surface area contributed by atoms with E-state index in [0.717, 1.165) is 5.56 Å². The molecule has 0 spiro atoms. The Labute approximate surface area is 114 Å². The maximum Gasteiger partial charge on any atom is 0.269 e. The Hall–Kier alpha value is -2.50. The third kappa shape index (κ3) is 1.65. The van der Waals surface area contributed by atoms with E-state index in [9.17, 15) is 4.39 Å². The fourth-order valence-corrected chi connectivity index (χ4v) is 2.60. The van der Waals surface area contributed by atoms with Gasteiger partial charge in [-0.25, -0.2) is 13.8 Å². The quantitative estimate of drug-likeness (QED) is 0.718. The van der Waals surface area contributed by atoms with E-state index in [1.165, 1.54) is 0 Å². The van der Waals surface area contributed by atoms with Crippen molar-refractivity contribution in [1.82, 2.24) is 24.5 Å². The predicted molar refractivity (Wildman–Crippen MR) is 70.2 cm³/mol. The Morgan fingerprint density at radius 3 is 2.75 bits per heavy atom. The van der Waals surface area contributed by atoms with Crippen LogP contribution in [-0.4, -0.2) is 24.5 Å². The molecule has 5 nitrogen and oxygen atoms in total. The molecule has 1 aliphatic rings. The summed E-state index contributed by atoms with van der Waals surface area (Å²) in [5, 5.41) is 8.49. The molecule has 3 aromatic rings. The summed E-state index contributed by atoms with van der Waals surface area (Å²) in [6.07, 6.45) is 2.69. The van der Waals surface area contributed by atoms with Crippen LogP contribution in [0.25, 0.3) is 5.95 Å². The minimum Gasteiger partial charge on any atom is -0.239 e. The van der Waals surface area contributed by atoms with Crippen LogP contribution in [0.5, 0.6) is 0 Å². The van der Waals surface area contributed by atoms with Crippen molar-refractivity contribution in [2.24, 2.45) is 0 Å². The van der Waals surface area contributed by atoms with Gasteiger partial charge >= 0.3 is 0 Å². The van der Waals surface area contributed by atoms with Gasteiger partial charge in [0, 0.05) is 18.8 Å². The van der Waals surface area contributed by atoms with Gasteiger partial charge in [-0.3, -0.25) is 0 Å². The largest absolute Gasteiger partial charge is 0.269 e.